The number of hydrogen-bond acceptors (Lipinski definition) is 3. The molecule has 1 aromatic rings. The van der Waals surface area contributed by atoms with Gasteiger partial charge in [0.25, 0.3) is 0 Å². The molecular formula is C12H14F3NOS. The molecule has 0 N–H and O–H groups in total. The molecule has 1 fully saturated rings. The fourth-order valence-corrected chi connectivity index (χ4v) is 3.64. The molecule has 1 aliphatic carbocycles. The van der Waals surface area contributed by atoms with Gasteiger partial charge in [0.15, 0.2) is 6.29 Å². The van der Waals surface area contributed by atoms with Gasteiger partial charge in [0.05, 0.1) is 10.6 Å². The predicted octanol–water partition coefficient (Wildman–Crippen LogP) is 4.03. The molecule has 1 saturated carbocycles. The Morgan fingerprint density at radius 2 is 1.89 bits per heavy atom. The van der Waals surface area contributed by atoms with Crippen LogP contribution in [0, 0.1) is 6.92 Å². The molecule has 0 unspecified atom stereocenters. The fraction of sp³-hybridized carbons (Fsp3) is 0.667. The second-order valence-corrected chi connectivity index (χ2v) is 5.76. The van der Waals surface area contributed by atoms with E-state index in [4.69, 9.17) is 0 Å². The molecule has 2 nitrogen and oxygen atoms in total. The van der Waals surface area contributed by atoms with Crippen LogP contribution in [0.5, 0.6) is 0 Å². The van der Waals surface area contributed by atoms with Crippen molar-refractivity contribution in [1.29, 1.82) is 0 Å². The van der Waals surface area contributed by atoms with Gasteiger partial charge in [-0.2, -0.15) is 13.2 Å². The molecule has 0 spiro atoms. The van der Waals surface area contributed by atoms with Crippen molar-refractivity contribution in [1.82, 2.24) is 4.98 Å². The Labute approximate surface area is 107 Å². The lowest BCUT2D eigenvalue weighted by molar-refractivity contribution is -0.199. The van der Waals surface area contributed by atoms with Crippen LogP contribution in [0.15, 0.2) is 0 Å². The van der Waals surface area contributed by atoms with Crippen molar-refractivity contribution < 1.29 is 18.0 Å². The van der Waals surface area contributed by atoms with Crippen LogP contribution in [-0.4, -0.2) is 17.4 Å². The van der Waals surface area contributed by atoms with Crippen LogP contribution in [0.25, 0.3) is 0 Å². The number of aldehydes is 1. The number of aryl methyl sites for hydroxylation is 1. The molecule has 0 aromatic carbocycles. The van der Waals surface area contributed by atoms with Crippen LogP contribution in [0.2, 0.25) is 0 Å². The first-order valence-corrected chi connectivity index (χ1v) is 6.72. The van der Waals surface area contributed by atoms with Gasteiger partial charge < -0.3 is 0 Å². The van der Waals surface area contributed by atoms with E-state index in [2.05, 4.69) is 4.98 Å². The van der Waals surface area contributed by atoms with E-state index in [1.165, 1.54) is 0 Å². The van der Waals surface area contributed by atoms with Crippen molar-refractivity contribution >= 4 is 17.6 Å². The number of hydrogen-bond donors (Lipinski definition) is 0. The largest absolute Gasteiger partial charge is 0.400 e. The van der Waals surface area contributed by atoms with E-state index in [0.29, 0.717) is 29.7 Å². The van der Waals surface area contributed by atoms with Gasteiger partial charge in [0.1, 0.15) is 10.4 Å². The third kappa shape index (κ3) is 2.06. The summed E-state index contributed by atoms with van der Waals surface area (Å²) < 4.78 is 40.2. The quantitative estimate of drug-likeness (QED) is 0.764. The molecule has 18 heavy (non-hydrogen) atoms. The van der Waals surface area contributed by atoms with Gasteiger partial charge in [-0.05, 0) is 19.8 Å². The highest BCUT2D eigenvalue weighted by atomic mass is 32.1. The summed E-state index contributed by atoms with van der Waals surface area (Å²) in [6, 6.07) is 0. The number of alkyl halides is 3. The van der Waals surface area contributed by atoms with E-state index in [9.17, 15) is 18.0 Å². The monoisotopic (exact) mass is 277 g/mol. The summed E-state index contributed by atoms with van der Waals surface area (Å²) in [5.41, 5.74) is -1.43. The highest BCUT2D eigenvalue weighted by Crippen LogP contribution is 2.51. The van der Waals surface area contributed by atoms with Crippen molar-refractivity contribution in [3.8, 4) is 0 Å². The zero-order chi connectivity index (χ0) is 13.4. The molecule has 0 radical (unpaired) electrons. The lowest BCUT2D eigenvalue weighted by atomic mass is 9.74. The highest BCUT2D eigenvalue weighted by molar-refractivity contribution is 7.13. The smallest absolute Gasteiger partial charge is 0.297 e. The van der Waals surface area contributed by atoms with Crippen LogP contribution in [0.1, 0.15) is 52.5 Å². The van der Waals surface area contributed by atoms with Crippen molar-refractivity contribution in [3.05, 3.63) is 15.6 Å². The van der Waals surface area contributed by atoms with Gasteiger partial charge in [-0.15, -0.1) is 11.3 Å². The fourth-order valence-electron chi connectivity index (χ4n) is 2.50. The van der Waals surface area contributed by atoms with Gasteiger partial charge in [-0.25, -0.2) is 4.98 Å². The Morgan fingerprint density at radius 1 is 1.28 bits per heavy atom. The second kappa shape index (κ2) is 4.64. The first-order valence-electron chi connectivity index (χ1n) is 5.90. The van der Waals surface area contributed by atoms with E-state index in [-0.39, 0.29) is 17.8 Å². The Hall–Kier alpha value is -0.910. The molecule has 0 saturated heterocycles. The Bertz CT molecular complexity index is 447. The molecule has 1 aliphatic rings. The maximum Gasteiger partial charge on any atom is 0.400 e. The maximum absolute atomic E-state index is 13.4. The van der Waals surface area contributed by atoms with Crippen LogP contribution < -0.4 is 0 Å². The average molecular weight is 277 g/mol. The van der Waals surface area contributed by atoms with E-state index < -0.39 is 11.6 Å². The van der Waals surface area contributed by atoms with Gasteiger partial charge in [-0.3, -0.25) is 4.79 Å². The van der Waals surface area contributed by atoms with Crippen LogP contribution in [0.3, 0.4) is 0 Å². The zero-order valence-electron chi connectivity index (χ0n) is 10.0. The number of carbonyl (C=O) groups excluding carboxylic acids is 1. The molecule has 0 atom stereocenters. The topological polar surface area (TPSA) is 30.0 Å². The number of aromatic nitrogens is 1. The molecule has 2 rings (SSSR count). The first-order chi connectivity index (χ1) is 8.40. The number of halogens is 3. The molecular weight excluding hydrogens is 263 g/mol. The minimum atomic E-state index is -4.29. The van der Waals surface area contributed by atoms with Crippen LogP contribution in [-0.2, 0) is 5.41 Å². The number of thiazole rings is 1. The van der Waals surface area contributed by atoms with Crippen LogP contribution in [0.4, 0.5) is 13.2 Å². The Balaban J connectivity index is 2.49. The van der Waals surface area contributed by atoms with Gasteiger partial charge >= 0.3 is 6.18 Å². The summed E-state index contributed by atoms with van der Waals surface area (Å²) in [5, 5.41) is 0.0642. The van der Waals surface area contributed by atoms with Crippen molar-refractivity contribution in [3.63, 3.8) is 0 Å². The third-order valence-corrected chi connectivity index (χ3v) is 4.89. The zero-order valence-corrected chi connectivity index (χ0v) is 10.8. The summed E-state index contributed by atoms with van der Waals surface area (Å²) in [6.07, 6.45) is -1.57. The summed E-state index contributed by atoms with van der Waals surface area (Å²) in [4.78, 5) is 15.1. The standard InChI is InChI=1S/C12H14F3NOS/c1-8-9(7-17)18-10(16-8)11(12(13,14)15)5-3-2-4-6-11/h7H,2-6H2,1H3. The van der Waals surface area contributed by atoms with Crippen molar-refractivity contribution in [2.45, 2.75) is 50.6 Å². The maximum atomic E-state index is 13.4. The summed E-state index contributed by atoms with van der Waals surface area (Å²) in [6.45, 7) is 1.58. The molecule has 100 valence electrons. The molecule has 1 heterocycles. The second-order valence-electron chi connectivity index (χ2n) is 4.73. The minimum Gasteiger partial charge on any atom is -0.297 e. The normalized spacial score (nSPS) is 19.8. The minimum absolute atomic E-state index is 0.0642. The highest BCUT2D eigenvalue weighted by Gasteiger charge is 2.57. The SMILES string of the molecule is Cc1nc(C2(C(F)(F)F)CCCCC2)sc1C=O. The molecule has 0 aliphatic heterocycles. The molecule has 0 bridgehead atoms. The summed E-state index contributed by atoms with van der Waals surface area (Å²) in [5.74, 6) is 0. The number of nitrogens with zero attached hydrogens (tertiary/aromatic N) is 1. The molecule has 1 aromatic heterocycles. The summed E-state index contributed by atoms with van der Waals surface area (Å²) in [7, 11) is 0. The van der Waals surface area contributed by atoms with Crippen LogP contribution >= 0.6 is 11.3 Å². The predicted molar refractivity (Wildman–Crippen MR) is 63.1 cm³/mol. The molecule has 6 heteroatoms. The first kappa shape index (κ1) is 13.5. The Kier molecular flexibility index (Phi) is 3.49. The summed E-state index contributed by atoms with van der Waals surface area (Å²) >= 11 is 0.893. The van der Waals surface area contributed by atoms with Gasteiger partial charge in [0, 0.05) is 0 Å². The third-order valence-electron chi connectivity index (χ3n) is 3.60. The van der Waals surface area contributed by atoms with E-state index in [0.717, 1.165) is 17.8 Å². The lowest BCUT2D eigenvalue weighted by Crippen LogP contribution is -2.43. The van der Waals surface area contributed by atoms with E-state index >= 15 is 0 Å². The Morgan fingerprint density at radius 3 is 2.33 bits per heavy atom. The number of carbonyl (C=O) groups is 1. The van der Waals surface area contributed by atoms with Crippen molar-refractivity contribution in [2.24, 2.45) is 0 Å². The molecule has 0 amide bonds. The van der Waals surface area contributed by atoms with E-state index in [1.54, 1.807) is 6.92 Å². The van der Waals surface area contributed by atoms with E-state index in [1.807, 2.05) is 0 Å². The number of rotatable bonds is 2. The lowest BCUT2D eigenvalue weighted by Gasteiger charge is -2.37. The average Bonchev–Trinajstić information content (AvgIpc) is 2.70. The van der Waals surface area contributed by atoms with Gasteiger partial charge in [-0.1, -0.05) is 19.3 Å². The van der Waals surface area contributed by atoms with Crippen molar-refractivity contribution in [2.75, 3.05) is 0 Å². The van der Waals surface area contributed by atoms with Gasteiger partial charge in [0.2, 0.25) is 0 Å².